The van der Waals surface area contributed by atoms with Crippen molar-refractivity contribution in [2.24, 2.45) is 17.8 Å². The van der Waals surface area contributed by atoms with E-state index in [1.165, 1.54) is 7.11 Å². The lowest BCUT2D eigenvalue weighted by atomic mass is 9.84. The van der Waals surface area contributed by atoms with Crippen molar-refractivity contribution < 1.29 is 14.3 Å². The average Bonchev–Trinajstić information content (AvgIpc) is 2.11. The summed E-state index contributed by atoms with van der Waals surface area (Å²) in [7, 11) is 1.35. The molecule has 0 radical (unpaired) electrons. The van der Waals surface area contributed by atoms with Crippen LogP contribution in [0.1, 0.15) is 34.1 Å². The molecule has 3 nitrogen and oxygen atoms in total. The number of Topliss-reactive ketones (excluding diaryl/α,β-unsaturated/α-hetero) is 1. The molecule has 0 aromatic heterocycles. The molecular weight excluding hydrogens is 180 g/mol. The summed E-state index contributed by atoms with van der Waals surface area (Å²) in [5, 5.41) is 0. The van der Waals surface area contributed by atoms with Crippen molar-refractivity contribution in [3.8, 4) is 0 Å². The fourth-order valence-corrected chi connectivity index (χ4v) is 1.36. The second-order valence-corrected chi connectivity index (χ2v) is 4.19. The predicted molar refractivity (Wildman–Crippen MR) is 54.8 cm³/mol. The van der Waals surface area contributed by atoms with Gasteiger partial charge in [0, 0.05) is 11.8 Å². The van der Waals surface area contributed by atoms with Crippen LogP contribution in [-0.4, -0.2) is 18.9 Å². The SMILES string of the molecule is COC(=O)CC(C(=O)C(C)C)C(C)C. The zero-order valence-electron chi connectivity index (χ0n) is 9.66. The lowest BCUT2D eigenvalue weighted by Crippen LogP contribution is -2.27. The Kier molecular flexibility index (Phi) is 5.43. The summed E-state index contributed by atoms with van der Waals surface area (Å²) >= 11 is 0. The molecule has 14 heavy (non-hydrogen) atoms. The van der Waals surface area contributed by atoms with E-state index in [0.717, 1.165) is 0 Å². The van der Waals surface area contributed by atoms with Crippen LogP contribution in [0.2, 0.25) is 0 Å². The Morgan fingerprint density at radius 2 is 1.64 bits per heavy atom. The van der Waals surface area contributed by atoms with Crippen molar-refractivity contribution in [3.05, 3.63) is 0 Å². The number of rotatable bonds is 5. The van der Waals surface area contributed by atoms with Crippen LogP contribution in [0, 0.1) is 17.8 Å². The highest BCUT2D eigenvalue weighted by Gasteiger charge is 2.26. The Hall–Kier alpha value is -0.860. The summed E-state index contributed by atoms with van der Waals surface area (Å²) in [5.74, 6) is -0.207. The molecule has 0 heterocycles. The van der Waals surface area contributed by atoms with Crippen LogP contribution in [0.4, 0.5) is 0 Å². The molecule has 82 valence electrons. The minimum Gasteiger partial charge on any atom is -0.469 e. The molecule has 0 amide bonds. The van der Waals surface area contributed by atoms with Gasteiger partial charge in [0.25, 0.3) is 0 Å². The Morgan fingerprint density at radius 1 is 1.14 bits per heavy atom. The maximum atomic E-state index is 11.7. The summed E-state index contributed by atoms with van der Waals surface area (Å²) in [6, 6.07) is 0. The largest absolute Gasteiger partial charge is 0.469 e. The standard InChI is InChI=1S/C11H20O3/c1-7(2)9(6-10(12)14-5)11(13)8(3)4/h7-9H,6H2,1-5H3. The number of carbonyl (C=O) groups is 2. The summed E-state index contributed by atoms with van der Waals surface area (Å²) < 4.78 is 4.57. The molecule has 1 unspecified atom stereocenters. The van der Waals surface area contributed by atoms with Crippen molar-refractivity contribution in [1.29, 1.82) is 0 Å². The second-order valence-electron chi connectivity index (χ2n) is 4.19. The average molecular weight is 200 g/mol. The van der Waals surface area contributed by atoms with Gasteiger partial charge >= 0.3 is 5.97 Å². The number of hydrogen-bond acceptors (Lipinski definition) is 3. The Balaban J connectivity index is 4.45. The minimum absolute atomic E-state index is 0.0212. The summed E-state index contributed by atoms with van der Waals surface area (Å²) in [4.78, 5) is 22.8. The highest BCUT2D eigenvalue weighted by Crippen LogP contribution is 2.20. The highest BCUT2D eigenvalue weighted by atomic mass is 16.5. The molecule has 0 aliphatic rings. The summed E-state index contributed by atoms with van der Waals surface area (Å²) in [6.07, 6.45) is 0.200. The zero-order valence-corrected chi connectivity index (χ0v) is 9.66. The fourth-order valence-electron chi connectivity index (χ4n) is 1.36. The van der Waals surface area contributed by atoms with Gasteiger partial charge in [-0.15, -0.1) is 0 Å². The molecule has 0 N–H and O–H groups in total. The maximum Gasteiger partial charge on any atom is 0.306 e. The van der Waals surface area contributed by atoms with Crippen LogP contribution >= 0.6 is 0 Å². The number of hydrogen-bond donors (Lipinski definition) is 0. The molecule has 0 aromatic rings. The van der Waals surface area contributed by atoms with Crippen LogP contribution < -0.4 is 0 Å². The van der Waals surface area contributed by atoms with E-state index in [0.29, 0.717) is 0 Å². The number of ether oxygens (including phenoxy) is 1. The quantitative estimate of drug-likeness (QED) is 0.638. The van der Waals surface area contributed by atoms with Gasteiger partial charge in [-0.05, 0) is 5.92 Å². The van der Waals surface area contributed by atoms with E-state index < -0.39 is 0 Å². The maximum absolute atomic E-state index is 11.7. The van der Waals surface area contributed by atoms with Crippen molar-refractivity contribution >= 4 is 11.8 Å². The first-order valence-electron chi connectivity index (χ1n) is 5.00. The van der Waals surface area contributed by atoms with Gasteiger partial charge in [-0.25, -0.2) is 0 Å². The van der Waals surface area contributed by atoms with Gasteiger partial charge in [0.05, 0.1) is 13.5 Å². The predicted octanol–water partition coefficient (Wildman–Crippen LogP) is 2.05. The fraction of sp³-hybridized carbons (Fsp3) is 0.818. The summed E-state index contributed by atoms with van der Waals surface area (Å²) in [5.41, 5.74) is 0. The molecule has 0 aliphatic heterocycles. The van der Waals surface area contributed by atoms with Gasteiger partial charge in [-0.2, -0.15) is 0 Å². The normalized spacial score (nSPS) is 13.1. The smallest absolute Gasteiger partial charge is 0.306 e. The minimum atomic E-state index is -0.308. The van der Waals surface area contributed by atoms with Gasteiger partial charge in [-0.1, -0.05) is 27.7 Å². The van der Waals surface area contributed by atoms with Crippen molar-refractivity contribution in [2.75, 3.05) is 7.11 Å². The third kappa shape index (κ3) is 3.90. The van der Waals surface area contributed by atoms with Crippen LogP contribution in [-0.2, 0) is 14.3 Å². The van der Waals surface area contributed by atoms with Crippen molar-refractivity contribution in [3.63, 3.8) is 0 Å². The van der Waals surface area contributed by atoms with Crippen LogP contribution in [0.25, 0.3) is 0 Å². The van der Waals surface area contributed by atoms with E-state index in [1.54, 1.807) is 0 Å². The number of esters is 1. The van der Waals surface area contributed by atoms with E-state index in [-0.39, 0.29) is 35.9 Å². The lowest BCUT2D eigenvalue weighted by Gasteiger charge is -2.20. The molecule has 0 rings (SSSR count). The molecule has 0 aromatic carbocycles. The molecule has 0 aliphatic carbocycles. The highest BCUT2D eigenvalue weighted by molar-refractivity contribution is 5.86. The first-order valence-corrected chi connectivity index (χ1v) is 5.00. The Morgan fingerprint density at radius 3 is 1.93 bits per heavy atom. The molecule has 1 atom stereocenters. The molecule has 0 bridgehead atoms. The van der Waals surface area contributed by atoms with E-state index in [2.05, 4.69) is 4.74 Å². The van der Waals surface area contributed by atoms with Gasteiger partial charge in [0.15, 0.2) is 0 Å². The third-order valence-corrected chi connectivity index (χ3v) is 2.35. The zero-order chi connectivity index (χ0) is 11.3. The first-order chi connectivity index (χ1) is 6.40. The van der Waals surface area contributed by atoms with Crippen molar-refractivity contribution in [1.82, 2.24) is 0 Å². The van der Waals surface area contributed by atoms with Gasteiger partial charge in [-0.3, -0.25) is 9.59 Å². The molecule has 0 saturated heterocycles. The van der Waals surface area contributed by atoms with Gasteiger partial charge < -0.3 is 4.74 Å². The molecule has 3 heteroatoms. The lowest BCUT2D eigenvalue weighted by molar-refractivity contribution is -0.145. The van der Waals surface area contributed by atoms with Gasteiger partial charge in [0.2, 0.25) is 0 Å². The topological polar surface area (TPSA) is 43.4 Å². The molecule has 0 saturated carbocycles. The van der Waals surface area contributed by atoms with Crippen LogP contribution in [0.15, 0.2) is 0 Å². The number of methoxy groups -OCH3 is 1. The molecular formula is C11H20O3. The third-order valence-electron chi connectivity index (χ3n) is 2.35. The second kappa shape index (κ2) is 5.78. The van der Waals surface area contributed by atoms with E-state index in [9.17, 15) is 9.59 Å². The number of ketones is 1. The Bertz CT molecular complexity index is 207. The monoisotopic (exact) mass is 200 g/mol. The van der Waals surface area contributed by atoms with E-state index in [4.69, 9.17) is 0 Å². The van der Waals surface area contributed by atoms with Crippen molar-refractivity contribution in [2.45, 2.75) is 34.1 Å². The van der Waals surface area contributed by atoms with Crippen LogP contribution in [0.3, 0.4) is 0 Å². The molecule has 0 fully saturated rings. The Labute approximate surface area is 85.8 Å². The van der Waals surface area contributed by atoms with Crippen LogP contribution in [0.5, 0.6) is 0 Å². The summed E-state index contributed by atoms with van der Waals surface area (Å²) in [6.45, 7) is 7.62. The van der Waals surface area contributed by atoms with E-state index in [1.807, 2.05) is 27.7 Å². The molecule has 0 spiro atoms. The first kappa shape index (κ1) is 13.1. The van der Waals surface area contributed by atoms with E-state index >= 15 is 0 Å². The number of carbonyl (C=O) groups excluding carboxylic acids is 2. The van der Waals surface area contributed by atoms with Gasteiger partial charge in [0.1, 0.15) is 5.78 Å².